The molecule has 3 heteroatoms. The Kier molecular flexibility index (Phi) is 5.29. The van der Waals surface area contributed by atoms with Gasteiger partial charge in [-0.25, -0.2) is 0 Å². The Hall–Kier alpha value is -1.06. The lowest BCUT2D eigenvalue weighted by atomic mass is 10.0. The van der Waals surface area contributed by atoms with Crippen molar-refractivity contribution in [3.8, 4) is 5.75 Å². The standard InChI is InChI=1S/C13H21NO2/c1-10-9-12(5-6-13(10)16-3)11(2)14-7-4-8-15/h5-6,9,11,14-15H,4,7-8H2,1-3H3. The number of hydrogen-bond acceptors (Lipinski definition) is 3. The smallest absolute Gasteiger partial charge is 0.121 e. The highest BCUT2D eigenvalue weighted by Gasteiger charge is 2.06. The van der Waals surface area contributed by atoms with Gasteiger partial charge in [0.2, 0.25) is 0 Å². The number of benzene rings is 1. The van der Waals surface area contributed by atoms with Crippen LogP contribution >= 0.6 is 0 Å². The predicted octanol–water partition coefficient (Wildman–Crippen LogP) is 2.04. The highest BCUT2D eigenvalue weighted by Crippen LogP contribution is 2.22. The monoisotopic (exact) mass is 223 g/mol. The molecule has 3 nitrogen and oxygen atoms in total. The molecule has 0 aliphatic rings. The van der Waals surface area contributed by atoms with Crippen LogP contribution in [0.5, 0.6) is 5.75 Å². The van der Waals surface area contributed by atoms with E-state index in [9.17, 15) is 0 Å². The fourth-order valence-corrected chi connectivity index (χ4v) is 1.69. The van der Waals surface area contributed by atoms with E-state index in [-0.39, 0.29) is 6.61 Å². The van der Waals surface area contributed by atoms with Gasteiger partial charge in [-0.2, -0.15) is 0 Å². The van der Waals surface area contributed by atoms with Crippen LogP contribution in [0.15, 0.2) is 18.2 Å². The molecule has 0 heterocycles. The van der Waals surface area contributed by atoms with Crippen LogP contribution in [0.4, 0.5) is 0 Å². The van der Waals surface area contributed by atoms with Crippen molar-refractivity contribution in [2.45, 2.75) is 26.3 Å². The van der Waals surface area contributed by atoms with Gasteiger partial charge in [0.1, 0.15) is 5.75 Å². The Balaban J connectivity index is 2.62. The molecule has 1 aromatic carbocycles. The molecule has 0 saturated heterocycles. The Labute approximate surface area is 97.4 Å². The quantitative estimate of drug-likeness (QED) is 0.725. The molecule has 16 heavy (non-hydrogen) atoms. The summed E-state index contributed by atoms with van der Waals surface area (Å²) in [5.41, 5.74) is 2.40. The molecule has 1 aromatic rings. The predicted molar refractivity (Wildman–Crippen MR) is 65.9 cm³/mol. The first-order valence-corrected chi connectivity index (χ1v) is 5.67. The summed E-state index contributed by atoms with van der Waals surface area (Å²) in [6.07, 6.45) is 0.791. The molecule has 1 atom stereocenters. The lowest BCUT2D eigenvalue weighted by Gasteiger charge is -2.15. The van der Waals surface area contributed by atoms with Gasteiger partial charge in [0.25, 0.3) is 0 Å². The summed E-state index contributed by atoms with van der Waals surface area (Å²) in [5, 5.41) is 12.1. The van der Waals surface area contributed by atoms with Crippen molar-refractivity contribution in [2.75, 3.05) is 20.3 Å². The number of aryl methyl sites for hydroxylation is 1. The number of ether oxygens (including phenoxy) is 1. The summed E-state index contributed by atoms with van der Waals surface area (Å²) < 4.78 is 5.22. The van der Waals surface area contributed by atoms with Gasteiger partial charge in [0.15, 0.2) is 0 Å². The number of nitrogens with one attached hydrogen (secondary N) is 1. The van der Waals surface area contributed by atoms with E-state index in [1.165, 1.54) is 5.56 Å². The fourth-order valence-electron chi connectivity index (χ4n) is 1.69. The number of rotatable bonds is 6. The van der Waals surface area contributed by atoms with E-state index in [1.54, 1.807) is 7.11 Å². The SMILES string of the molecule is COc1ccc(C(C)NCCCO)cc1C. The summed E-state index contributed by atoms with van der Waals surface area (Å²) in [5.74, 6) is 0.923. The number of methoxy groups -OCH3 is 1. The summed E-state index contributed by atoms with van der Waals surface area (Å²) in [6, 6.07) is 6.50. The summed E-state index contributed by atoms with van der Waals surface area (Å²) >= 11 is 0. The largest absolute Gasteiger partial charge is 0.496 e. The third kappa shape index (κ3) is 3.51. The minimum Gasteiger partial charge on any atom is -0.496 e. The van der Waals surface area contributed by atoms with Gasteiger partial charge < -0.3 is 15.2 Å². The molecule has 1 unspecified atom stereocenters. The van der Waals surface area contributed by atoms with Crippen LogP contribution in [0.3, 0.4) is 0 Å². The first kappa shape index (κ1) is 13.0. The van der Waals surface area contributed by atoms with Crippen LogP contribution in [0, 0.1) is 6.92 Å². The molecule has 0 saturated carbocycles. The molecule has 0 spiro atoms. The Morgan fingerprint density at radius 3 is 2.75 bits per heavy atom. The van der Waals surface area contributed by atoms with Crippen molar-refractivity contribution in [1.82, 2.24) is 5.32 Å². The first-order chi connectivity index (χ1) is 7.69. The maximum atomic E-state index is 8.71. The maximum absolute atomic E-state index is 8.71. The second-order valence-corrected chi connectivity index (χ2v) is 3.98. The van der Waals surface area contributed by atoms with Crippen molar-refractivity contribution >= 4 is 0 Å². The zero-order valence-electron chi connectivity index (χ0n) is 10.3. The van der Waals surface area contributed by atoms with E-state index in [4.69, 9.17) is 9.84 Å². The second kappa shape index (κ2) is 6.51. The third-order valence-corrected chi connectivity index (χ3v) is 2.70. The molecule has 0 fully saturated rings. The summed E-state index contributed by atoms with van der Waals surface area (Å²) in [4.78, 5) is 0. The van der Waals surface area contributed by atoms with Crippen LogP contribution in [0.25, 0.3) is 0 Å². The normalized spacial score (nSPS) is 12.5. The zero-order valence-corrected chi connectivity index (χ0v) is 10.3. The minimum absolute atomic E-state index is 0.237. The van der Waals surface area contributed by atoms with Crippen molar-refractivity contribution in [1.29, 1.82) is 0 Å². The van der Waals surface area contributed by atoms with E-state index in [2.05, 4.69) is 24.4 Å². The number of hydrogen-bond donors (Lipinski definition) is 2. The number of aliphatic hydroxyl groups is 1. The molecular weight excluding hydrogens is 202 g/mol. The number of aliphatic hydroxyl groups excluding tert-OH is 1. The molecule has 0 radical (unpaired) electrons. The van der Waals surface area contributed by atoms with Gasteiger partial charge in [-0.1, -0.05) is 12.1 Å². The average molecular weight is 223 g/mol. The van der Waals surface area contributed by atoms with Gasteiger partial charge in [0.05, 0.1) is 7.11 Å². The highest BCUT2D eigenvalue weighted by atomic mass is 16.5. The third-order valence-electron chi connectivity index (χ3n) is 2.70. The van der Waals surface area contributed by atoms with Crippen LogP contribution in [-0.2, 0) is 0 Å². The Bertz CT molecular complexity index is 326. The van der Waals surface area contributed by atoms with E-state index < -0.39 is 0 Å². The van der Waals surface area contributed by atoms with Crippen molar-refractivity contribution in [3.05, 3.63) is 29.3 Å². The van der Waals surface area contributed by atoms with Gasteiger partial charge in [-0.05, 0) is 44.0 Å². The average Bonchev–Trinajstić information content (AvgIpc) is 2.29. The lowest BCUT2D eigenvalue weighted by Crippen LogP contribution is -2.20. The van der Waals surface area contributed by atoms with E-state index >= 15 is 0 Å². The summed E-state index contributed by atoms with van der Waals surface area (Å²) in [7, 11) is 1.69. The molecule has 0 bridgehead atoms. The molecule has 1 rings (SSSR count). The lowest BCUT2D eigenvalue weighted by molar-refractivity contribution is 0.284. The van der Waals surface area contributed by atoms with Crippen molar-refractivity contribution in [2.24, 2.45) is 0 Å². The van der Waals surface area contributed by atoms with Crippen molar-refractivity contribution in [3.63, 3.8) is 0 Å². The van der Waals surface area contributed by atoms with Crippen LogP contribution in [0.1, 0.15) is 30.5 Å². The summed E-state index contributed by atoms with van der Waals surface area (Å²) in [6.45, 7) is 5.24. The Morgan fingerprint density at radius 2 is 2.19 bits per heavy atom. The topological polar surface area (TPSA) is 41.5 Å². The second-order valence-electron chi connectivity index (χ2n) is 3.98. The van der Waals surface area contributed by atoms with E-state index in [1.807, 2.05) is 13.0 Å². The van der Waals surface area contributed by atoms with Gasteiger partial charge >= 0.3 is 0 Å². The van der Waals surface area contributed by atoms with Crippen LogP contribution < -0.4 is 10.1 Å². The molecule has 0 aliphatic heterocycles. The van der Waals surface area contributed by atoms with E-state index in [0.29, 0.717) is 6.04 Å². The maximum Gasteiger partial charge on any atom is 0.121 e. The fraction of sp³-hybridized carbons (Fsp3) is 0.538. The molecule has 2 N–H and O–H groups in total. The first-order valence-electron chi connectivity index (χ1n) is 5.67. The van der Waals surface area contributed by atoms with Gasteiger partial charge in [-0.15, -0.1) is 0 Å². The van der Waals surface area contributed by atoms with Crippen molar-refractivity contribution < 1.29 is 9.84 Å². The van der Waals surface area contributed by atoms with E-state index in [0.717, 1.165) is 24.3 Å². The Morgan fingerprint density at radius 1 is 1.44 bits per heavy atom. The zero-order chi connectivity index (χ0) is 12.0. The molecule has 0 aromatic heterocycles. The molecule has 90 valence electrons. The highest BCUT2D eigenvalue weighted by molar-refractivity contribution is 5.37. The van der Waals surface area contributed by atoms with Gasteiger partial charge in [0, 0.05) is 12.6 Å². The van der Waals surface area contributed by atoms with Gasteiger partial charge in [-0.3, -0.25) is 0 Å². The molecular formula is C13H21NO2. The molecule has 0 aliphatic carbocycles. The molecule has 0 amide bonds. The van der Waals surface area contributed by atoms with Crippen LogP contribution in [0.2, 0.25) is 0 Å². The van der Waals surface area contributed by atoms with Crippen LogP contribution in [-0.4, -0.2) is 25.4 Å². The minimum atomic E-state index is 0.237.